The van der Waals surface area contributed by atoms with Gasteiger partial charge in [0.25, 0.3) is 5.91 Å². The second-order valence-electron chi connectivity index (χ2n) is 3.95. The Balaban J connectivity index is 1.92. The summed E-state index contributed by atoms with van der Waals surface area (Å²) in [7, 11) is 0. The van der Waals surface area contributed by atoms with Crippen molar-refractivity contribution in [1.82, 2.24) is 0 Å². The monoisotopic (exact) mass is 357 g/mol. The van der Waals surface area contributed by atoms with Gasteiger partial charge in [-0.3, -0.25) is 4.79 Å². The number of halogens is 3. The van der Waals surface area contributed by atoms with Gasteiger partial charge in [-0.2, -0.15) is 0 Å². The lowest BCUT2D eigenvalue weighted by molar-refractivity contribution is -0.118. The van der Waals surface area contributed by atoms with Crippen LogP contribution in [0.1, 0.15) is 0 Å². The van der Waals surface area contributed by atoms with Crippen molar-refractivity contribution < 1.29 is 13.9 Å². The highest BCUT2D eigenvalue weighted by Gasteiger charge is 2.06. The number of hydrogen-bond donors (Lipinski definition) is 1. The molecule has 0 bridgehead atoms. The fourth-order valence-corrected chi connectivity index (χ4v) is 2.16. The van der Waals surface area contributed by atoms with Crippen LogP contribution in [0.2, 0.25) is 5.02 Å². The van der Waals surface area contributed by atoms with E-state index in [4.69, 9.17) is 16.3 Å². The molecule has 104 valence electrons. The summed E-state index contributed by atoms with van der Waals surface area (Å²) in [5.41, 5.74) is 0.575. The zero-order valence-electron chi connectivity index (χ0n) is 10.2. The first-order chi connectivity index (χ1) is 9.52. The van der Waals surface area contributed by atoms with E-state index < -0.39 is 5.82 Å². The molecule has 0 spiro atoms. The van der Waals surface area contributed by atoms with Crippen LogP contribution in [0.5, 0.6) is 5.75 Å². The molecule has 0 aliphatic carbocycles. The van der Waals surface area contributed by atoms with Crippen LogP contribution in [0.3, 0.4) is 0 Å². The summed E-state index contributed by atoms with van der Waals surface area (Å²) >= 11 is 8.95. The number of hydrogen-bond acceptors (Lipinski definition) is 2. The molecule has 1 amide bonds. The first kappa shape index (κ1) is 14.8. The minimum Gasteiger partial charge on any atom is -0.484 e. The zero-order valence-corrected chi connectivity index (χ0v) is 12.5. The lowest BCUT2D eigenvalue weighted by atomic mass is 10.3. The maximum absolute atomic E-state index is 13.1. The van der Waals surface area contributed by atoms with Crippen molar-refractivity contribution in [2.75, 3.05) is 11.9 Å². The van der Waals surface area contributed by atoms with Crippen LogP contribution in [-0.4, -0.2) is 12.5 Å². The van der Waals surface area contributed by atoms with Crippen molar-refractivity contribution in [3.63, 3.8) is 0 Å². The normalized spacial score (nSPS) is 10.2. The van der Waals surface area contributed by atoms with Crippen LogP contribution >= 0.6 is 27.5 Å². The fraction of sp³-hybridized carbons (Fsp3) is 0.0714. The van der Waals surface area contributed by atoms with Crippen LogP contribution in [0.25, 0.3) is 0 Å². The van der Waals surface area contributed by atoms with E-state index in [1.165, 1.54) is 12.1 Å². The van der Waals surface area contributed by atoms with Crippen molar-refractivity contribution in [3.8, 4) is 5.75 Å². The van der Waals surface area contributed by atoms with Gasteiger partial charge in [0.15, 0.2) is 6.61 Å². The Labute approximate surface area is 128 Å². The predicted molar refractivity (Wildman–Crippen MR) is 79.7 cm³/mol. The fourth-order valence-electron chi connectivity index (χ4n) is 1.52. The highest BCUT2D eigenvalue weighted by molar-refractivity contribution is 9.10. The molecule has 6 heteroatoms. The summed E-state index contributed by atoms with van der Waals surface area (Å²) in [4.78, 5) is 11.7. The maximum Gasteiger partial charge on any atom is 0.262 e. The lowest BCUT2D eigenvalue weighted by Crippen LogP contribution is -2.20. The van der Waals surface area contributed by atoms with Gasteiger partial charge in [0.1, 0.15) is 11.6 Å². The minimum atomic E-state index is -0.440. The third kappa shape index (κ3) is 4.51. The van der Waals surface area contributed by atoms with Gasteiger partial charge in [-0.05, 0) is 30.3 Å². The number of amides is 1. The molecule has 20 heavy (non-hydrogen) atoms. The molecule has 0 fully saturated rings. The molecule has 1 N–H and O–H groups in total. The number of carbonyl (C=O) groups excluding carboxylic acids is 1. The Hall–Kier alpha value is -1.59. The van der Waals surface area contributed by atoms with Gasteiger partial charge >= 0.3 is 0 Å². The van der Waals surface area contributed by atoms with Crippen molar-refractivity contribution in [2.24, 2.45) is 0 Å². The average molecular weight is 359 g/mol. The van der Waals surface area contributed by atoms with Gasteiger partial charge in [0.05, 0.1) is 0 Å². The van der Waals surface area contributed by atoms with Crippen molar-refractivity contribution in [1.29, 1.82) is 0 Å². The molecule has 0 saturated carbocycles. The molecule has 2 aromatic carbocycles. The average Bonchev–Trinajstić information content (AvgIpc) is 2.35. The quantitative estimate of drug-likeness (QED) is 0.887. The Morgan fingerprint density at radius 2 is 2.10 bits per heavy atom. The van der Waals surface area contributed by atoms with Crippen LogP contribution in [-0.2, 0) is 4.79 Å². The standard InChI is InChI=1S/C14H10BrClFNO2/c15-9-4-11(17)7-13(5-9)20-8-14(19)18-12-3-1-2-10(16)6-12/h1-7H,8H2,(H,18,19). The van der Waals surface area contributed by atoms with Gasteiger partial charge in [-0.15, -0.1) is 0 Å². The van der Waals surface area contributed by atoms with Crippen molar-refractivity contribution in [3.05, 3.63) is 57.8 Å². The molecule has 0 unspecified atom stereocenters. The highest BCUT2D eigenvalue weighted by atomic mass is 79.9. The number of ether oxygens (including phenoxy) is 1. The van der Waals surface area contributed by atoms with E-state index in [1.807, 2.05) is 0 Å². The van der Waals surface area contributed by atoms with E-state index >= 15 is 0 Å². The van der Waals surface area contributed by atoms with Crippen LogP contribution in [0, 0.1) is 5.82 Å². The van der Waals surface area contributed by atoms with Gasteiger partial charge in [0, 0.05) is 21.2 Å². The molecular formula is C14H10BrClFNO2. The molecule has 0 radical (unpaired) electrons. The van der Waals surface area contributed by atoms with Crippen molar-refractivity contribution >= 4 is 39.1 Å². The summed E-state index contributed by atoms with van der Waals surface area (Å²) < 4.78 is 18.9. The first-order valence-electron chi connectivity index (χ1n) is 5.67. The number of anilines is 1. The lowest BCUT2D eigenvalue weighted by Gasteiger charge is -2.08. The molecule has 0 aromatic heterocycles. The van der Waals surface area contributed by atoms with E-state index in [0.29, 0.717) is 15.2 Å². The number of benzene rings is 2. The molecule has 0 aliphatic heterocycles. The molecule has 2 aromatic rings. The third-order valence-corrected chi connectivity index (χ3v) is 3.01. The molecule has 0 saturated heterocycles. The van der Waals surface area contributed by atoms with E-state index in [2.05, 4.69) is 21.2 Å². The maximum atomic E-state index is 13.1. The highest BCUT2D eigenvalue weighted by Crippen LogP contribution is 2.20. The number of rotatable bonds is 4. The van der Waals surface area contributed by atoms with Gasteiger partial charge in [0.2, 0.25) is 0 Å². The molecule has 0 aliphatic rings. The zero-order chi connectivity index (χ0) is 14.5. The van der Waals surface area contributed by atoms with Crippen LogP contribution < -0.4 is 10.1 Å². The van der Waals surface area contributed by atoms with E-state index in [9.17, 15) is 9.18 Å². The summed E-state index contributed by atoms with van der Waals surface area (Å²) in [5, 5.41) is 3.15. The molecular weight excluding hydrogens is 349 g/mol. The Kier molecular flexibility index (Phi) is 4.98. The van der Waals surface area contributed by atoms with Crippen molar-refractivity contribution in [2.45, 2.75) is 0 Å². The summed E-state index contributed by atoms with van der Waals surface area (Å²) in [5.74, 6) is -0.518. The Morgan fingerprint density at radius 3 is 2.80 bits per heavy atom. The smallest absolute Gasteiger partial charge is 0.262 e. The summed E-state index contributed by atoms with van der Waals surface area (Å²) in [6.45, 7) is -0.220. The van der Waals surface area contributed by atoms with Gasteiger partial charge < -0.3 is 10.1 Å². The SMILES string of the molecule is O=C(COc1cc(F)cc(Br)c1)Nc1cccc(Cl)c1. The molecule has 2 rings (SSSR count). The van der Waals surface area contributed by atoms with E-state index in [0.717, 1.165) is 0 Å². The van der Waals surface area contributed by atoms with Gasteiger partial charge in [-0.25, -0.2) is 4.39 Å². The second kappa shape index (κ2) is 6.72. The number of carbonyl (C=O) groups is 1. The molecule has 3 nitrogen and oxygen atoms in total. The van der Waals surface area contributed by atoms with E-state index in [-0.39, 0.29) is 18.3 Å². The third-order valence-electron chi connectivity index (χ3n) is 2.31. The Bertz CT molecular complexity index is 616. The van der Waals surface area contributed by atoms with Crippen LogP contribution in [0.15, 0.2) is 46.9 Å². The molecule has 0 heterocycles. The summed E-state index contributed by atoms with van der Waals surface area (Å²) in [6, 6.07) is 10.9. The van der Waals surface area contributed by atoms with Crippen LogP contribution in [0.4, 0.5) is 10.1 Å². The van der Waals surface area contributed by atoms with Gasteiger partial charge in [-0.1, -0.05) is 33.6 Å². The number of nitrogens with one attached hydrogen (secondary N) is 1. The minimum absolute atomic E-state index is 0.220. The summed E-state index contributed by atoms with van der Waals surface area (Å²) in [6.07, 6.45) is 0. The predicted octanol–water partition coefficient (Wildman–Crippen LogP) is 4.26. The largest absolute Gasteiger partial charge is 0.484 e. The Morgan fingerprint density at radius 1 is 1.30 bits per heavy atom. The first-order valence-corrected chi connectivity index (χ1v) is 6.84. The van der Waals surface area contributed by atoms with E-state index in [1.54, 1.807) is 30.3 Å². The molecule has 0 atom stereocenters. The second-order valence-corrected chi connectivity index (χ2v) is 5.30. The topological polar surface area (TPSA) is 38.3 Å².